The molecule has 0 saturated carbocycles. The van der Waals surface area contributed by atoms with Crippen LogP contribution in [0.4, 0.5) is 14.6 Å². The number of carbonyl (C=O) groups is 1. The van der Waals surface area contributed by atoms with Gasteiger partial charge in [0.25, 0.3) is 5.91 Å². The zero-order valence-electron chi connectivity index (χ0n) is 15.6. The molecule has 150 valence electrons. The Kier molecular flexibility index (Phi) is 5.72. The maximum atomic E-state index is 13.7. The van der Waals surface area contributed by atoms with Gasteiger partial charge in [-0.3, -0.25) is 4.79 Å². The Morgan fingerprint density at radius 1 is 0.967 bits per heavy atom. The number of imidazole rings is 1. The van der Waals surface area contributed by atoms with Crippen molar-refractivity contribution in [2.24, 2.45) is 0 Å². The van der Waals surface area contributed by atoms with Crippen LogP contribution in [0.2, 0.25) is 0 Å². The van der Waals surface area contributed by atoms with Crippen LogP contribution in [0, 0.1) is 11.6 Å². The van der Waals surface area contributed by atoms with Crippen LogP contribution in [0.1, 0.15) is 15.9 Å². The highest BCUT2D eigenvalue weighted by molar-refractivity contribution is 9.10. The third-order valence-corrected chi connectivity index (χ3v) is 5.25. The van der Waals surface area contributed by atoms with Gasteiger partial charge in [0, 0.05) is 10.0 Å². The van der Waals surface area contributed by atoms with Crippen molar-refractivity contribution >= 4 is 27.7 Å². The van der Waals surface area contributed by atoms with Crippen molar-refractivity contribution < 1.29 is 13.6 Å². The number of carbonyl (C=O) groups excluding carboxylic acids is 1. The van der Waals surface area contributed by atoms with Crippen molar-refractivity contribution in [3.8, 4) is 11.3 Å². The molecule has 0 aliphatic heterocycles. The first-order chi connectivity index (χ1) is 14.5. The second kappa shape index (κ2) is 8.59. The van der Waals surface area contributed by atoms with Crippen LogP contribution < -0.4 is 5.32 Å². The minimum absolute atomic E-state index is 0.160. The number of rotatable bonds is 5. The maximum Gasteiger partial charge on any atom is 0.258 e. The van der Waals surface area contributed by atoms with E-state index in [4.69, 9.17) is 0 Å². The van der Waals surface area contributed by atoms with Gasteiger partial charge in [-0.05, 0) is 64.0 Å². The van der Waals surface area contributed by atoms with E-state index in [1.807, 2.05) is 30.3 Å². The van der Waals surface area contributed by atoms with Gasteiger partial charge in [-0.1, -0.05) is 30.3 Å². The van der Waals surface area contributed by atoms with E-state index in [1.54, 1.807) is 23.0 Å². The molecule has 0 aliphatic rings. The molecule has 0 unspecified atom stereocenters. The lowest BCUT2D eigenvalue weighted by molar-refractivity contribution is 0.102. The summed E-state index contributed by atoms with van der Waals surface area (Å²) in [6.45, 7) is 0.467. The van der Waals surface area contributed by atoms with Crippen molar-refractivity contribution in [2.75, 3.05) is 5.32 Å². The van der Waals surface area contributed by atoms with Crippen LogP contribution in [0.25, 0.3) is 11.3 Å². The van der Waals surface area contributed by atoms with Crippen molar-refractivity contribution in [3.05, 3.63) is 106 Å². The van der Waals surface area contributed by atoms with Gasteiger partial charge in [0.05, 0.1) is 18.4 Å². The fourth-order valence-corrected chi connectivity index (χ4v) is 3.51. The van der Waals surface area contributed by atoms with Crippen LogP contribution in [-0.4, -0.2) is 15.5 Å². The van der Waals surface area contributed by atoms with E-state index in [0.717, 1.165) is 11.6 Å². The molecule has 7 heteroatoms. The molecular formula is C23H16BrF2N3O. The number of hydrogen-bond donors (Lipinski definition) is 1. The minimum atomic E-state index is -0.514. The normalized spacial score (nSPS) is 10.8. The Balaban J connectivity index is 1.74. The lowest BCUT2D eigenvalue weighted by Gasteiger charge is -2.13. The number of amides is 1. The zero-order valence-corrected chi connectivity index (χ0v) is 17.2. The van der Waals surface area contributed by atoms with E-state index in [1.165, 1.54) is 24.3 Å². The van der Waals surface area contributed by atoms with Gasteiger partial charge >= 0.3 is 0 Å². The van der Waals surface area contributed by atoms with Gasteiger partial charge in [0.1, 0.15) is 23.1 Å². The van der Waals surface area contributed by atoms with Gasteiger partial charge < -0.3 is 9.88 Å². The van der Waals surface area contributed by atoms with Crippen LogP contribution >= 0.6 is 15.9 Å². The quantitative estimate of drug-likeness (QED) is 0.397. The van der Waals surface area contributed by atoms with Crippen LogP contribution in [0.3, 0.4) is 0 Å². The van der Waals surface area contributed by atoms with Crippen LogP contribution in [0.15, 0.2) is 83.6 Å². The smallest absolute Gasteiger partial charge is 0.258 e. The minimum Gasteiger partial charge on any atom is -0.312 e. The lowest BCUT2D eigenvalue weighted by Crippen LogP contribution is -2.17. The first-order valence-electron chi connectivity index (χ1n) is 9.12. The van der Waals surface area contributed by atoms with Crippen LogP contribution in [-0.2, 0) is 6.54 Å². The molecule has 0 atom stereocenters. The number of anilines is 1. The molecule has 1 amide bonds. The topological polar surface area (TPSA) is 46.9 Å². The predicted octanol–water partition coefficient (Wildman–Crippen LogP) is 5.89. The summed E-state index contributed by atoms with van der Waals surface area (Å²) in [7, 11) is 0. The molecule has 0 bridgehead atoms. The second-order valence-electron chi connectivity index (χ2n) is 6.64. The Bertz CT molecular complexity index is 1190. The molecule has 0 aliphatic carbocycles. The summed E-state index contributed by atoms with van der Waals surface area (Å²) in [5.41, 5.74) is 2.32. The molecule has 1 aromatic heterocycles. The predicted molar refractivity (Wildman–Crippen MR) is 115 cm³/mol. The van der Waals surface area contributed by atoms with Crippen molar-refractivity contribution in [3.63, 3.8) is 0 Å². The van der Waals surface area contributed by atoms with Gasteiger partial charge in [-0.15, -0.1) is 0 Å². The van der Waals surface area contributed by atoms with E-state index < -0.39 is 11.7 Å². The molecule has 3 aromatic carbocycles. The number of benzene rings is 3. The Morgan fingerprint density at radius 3 is 2.40 bits per heavy atom. The summed E-state index contributed by atoms with van der Waals surface area (Å²) in [6.07, 6.45) is 1.61. The fraction of sp³-hybridized carbons (Fsp3) is 0.0435. The van der Waals surface area contributed by atoms with E-state index in [9.17, 15) is 13.6 Å². The molecule has 4 rings (SSSR count). The molecule has 0 radical (unpaired) electrons. The third-order valence-electron chi connectivity index (χ3n) is 4.56. The molecular weight excluding hydrogens is 452 g/mol. The fourth-order valence-electron chi connectivity index (χ4n) is 3.08. The molecule has 4 aromatic rings. The Hall–Kier alpha value is -3.32. The van der Waals surface area contributed by atoms with Crippen molar-refractivity contribution in [2.45, 2.75) is 6.54 Å². The van der Waals surface area contributed by atoms with Crippen LogP contribution in [0.5, 0.6) is 0 Å². The van der Waals surface area contributed by atoms with E-state index in [2.05, 4.69) is 26.2 Å². The summed E-state index contributed by atoms with van der Waals surface area (Å²) >= 11 is 3.29. The SMILES string of the molecule is O=C(Nc1c(-c2ccc(F)cc2)ncn1Cc1ccccc1)c1cc(F)ccc1Br. The molecule has 0 spiro atoms. The highest BCUT2D eigenvalue weighted by Gasteiger charge is 2.19. The average molecular weight is 468 g/mol. The summed E-state index contributed by atoms with van der Waals surface area (Å²) < 4.78 is 29.3. The standard InChI is InChI=1S/C23H16BrF2N3O/c24-20-11-10-18(26)12-19(20)23(30)28-22-21(16-6-8-17(25)9-7-16)27-14-29(22)13-15-4-2-1-3-5-15/h1-12,14H,13H2,(H,28,30). The summed E-state index contributed by atoms with van der Waals surface area (Å²) in [5, 5.41) is 2.85. The van der Waals surface area contributed by atoms with Crippen molar-refractivity contribution in [1.29, 1.82) is 0 Å². The van der Waals surface area contributed by atoms with E-state index in [0.29, 0.717) is 28.1 Å². The second-order valence-corrected chi connectivity index (χ2v) is 7.49. The molecule has 30 heavy (non-hydrogen) atoms. The molecule has 0 saturated heterocycles. The number of halogens is 3. The lowest BCUT2D eigenvalue weighted by atomic mass is 10.1. The zero-order chi connectivity index (χ0) is 21.1. The summed E-state index contributed by atoms with van der Waals surface area (Å²) in [5.74, 6) is -0.928. The van der Waals surface area contributed by atoms with E-state index in [-0.39, 0.29) is 11.4 Å². The summed E-state index contributed by atoms with van der Waals surface area (Å²) in [4.78, 5) is 17.4. The Morgan fingerprint density at radius 2 is 1.67 bits per heavy atom. The average Bonchev–Trinajstić information content (AvgIpc) is 3.13. The summed E-state index contributed by atoms with van der Waals surface area (Å²) in [6, 6.07) is 19.5. The first kappa shape index (κ1) is 20.0. The first-order valence-corrected chi connectivity index (χ1v) is 9.92. The van der Waals surface area contributed by atoms with Gasteiger partial charge in [-0.2, -0.15) is 0 Å². The monoisotopic (exact) mass is 467 g/mol. The molecule has 4 nitrogen and oxygen atoms in total. The third kappa shape index (κ3) is 4.31. The van der Waals surface area contributed by atoms with Crippen molar-refractivity contribution in [1.82, 2.24) is 9.55 Å². The Labute approximate surface area is 180 Å². The maximum absolute atomic E-state index is 13.7. The number of hydrogen-bond acceptors (Lipinski definition) is 2. The number of nitrogens with one attached hydrogen (secondary N) is 1. The highest BCUT2D eigenvalue weighted by Crippen LogP contribution is 2.29. The number of nitrogens with zero attached hydrogens (tertiary/aromatic N) is 2. The molecule has 0 fully saturated rings. The number of aromatic nitrogens is 2. The largest absolute Gasteiger partial charge is 0.312 e. The molecule has 1 heterocycles. The van der Waals surface area contributed by atoms with E-state index >= 15 is 0 Å². The van der Waals surface area contributed by atoms with Gasteiger partial charge in [0.15, 0.2) is 0 Å². The van der Waals surface area contributed by atoms with Gasteiger partial charge in [-0.25, -0.2) is 13.8 Å². The highest BCUT2D eigenvalue weighted by atomic mass is 79.9. The molecule has 1 N–H and O–H groups in total. The van der Waals surface area contributed by atoms with Gasteiger partial charge in [0.2, 0.25) is 0 Å².